The largest absolute Gasteiger partial charge is 0.493 e. The average molecular weight is 348 g/mol. The Hall–Kier alpha value is -3.09. The van der Waals surface area contributed by atoms with Crippen molar-refractivity contribution in [3.63, 3.8) is 0 Å². The van der Waals surface area contributed by atoms with Crippen molar-refractivity contribution in [2.45, 2.75) is 0 Å². The Balaban J connectivity index is 2.17. The number of methoxy groups -OCH3 is 3. The fourth-order valence-corrected chi connectivity index (χ4v) is 2.22. The van der Waals surface area contributed by atoms with E-state index >= 15 is 0 Å². The van der Waals surface area contributed by atoms with Crippen LogP contribution < -0.4 is 14.2 Å². The van der Waals surface area contributed by atoms with E-state index in [2.05, 4.69) is 0 Å². The smallest absolute Gasteiger partial charge is 0.342 e. The second-order valence-corrected chi connectivity index (χ2v) is 4.89. The molecule has 0 saturated heterocycles. The zero-order valence-electron chi connectivity index (χ0n) is 14.0. The van der Waals surface area contributed by atoms with Crippen LogP contribution in [-0.4, -0.2) is 39.7 Å². The molecule has 0 amide bonds. The quantitative estimate of drug-likeness (QED) is 0.566. The van der Waals surface area contributed by atoms with Gasteiger partial charge < -0.3 is 18.9 Å². The number of benzene rings is 2. The molecule has 0 aliphatic rings. The highest BCUT2D eigenvalue weighted by Gasteiger charge is 2.22. The third-order valence-corrected chi connectivity index (χ3v) is 3.41. The highest BCUT2D eigenvalue weighted by atomic mass is 19.1. The first-order valence-corrected chi connectivity index (χ1v) is 7.26. The Morgan fingerprint density at radius 2 is 1.68 bits per heavy atom. The number of hydrogen-bond acceptors (Lipinski definition) is 6. The maximum Gasteiger partial charge on any atom is 0.342 e. The number of ether oxygens (including phenoxy) is 4. The molecular formula is C18H17FO6. The highest BCUT2D eigenvalue weighted by Crippen LogP contribution is 2.39. The highest BCUT2D eigenvalue weighted by molar-refractivity contribution is 6.00. The van der Waals surface area contributed by atoms with Gasteiger partial charge in [0.1, 0.15) is 11.4 Å². The Bertz CT molecular complexity index is 787. The van der Waals surface area contributed by atoms with E-state index in [1.807, 2.05) is 0 Å². The Morgan fingerprint density at radius 1 is 0.960 bits per heavy atom. The van der Waals surface area contributed by atoms with Crippen molar-refractivity contribution in [1.29, 1.82) is 0 Å². The van der Waals surface area contributed by atoms with E-state index < -0.39 is 24.2 Å². The molecule has 0 heterocycles. The average Bonchev–Trinajstić information content (AvgIpc) is 2.64. The van der Waals surface area contributed by atoms with E-state index in [4.69, 9.17) is 18.9 Å². The molecule has 0 bridgehead atoms. The van der Waals surface area contributed by atoms with Crippen molar-refractivity contribution in [3.05, 3.63) is 53.3 Å². The van der Waals surface area contributed by atoms with Crippen LogP contribution in [-0.2, 0) is 4.74 Å². The number of carbonyl (C=O) groups is 2. The minimum atomic E-state index is -0.775. The van der Waals surface area contributed by atoms with E-state index in [1.54, 1.807) is 0 Å². The van der Waals surface area contributed by atoms with Gasteiger partial charge in [0.2, 0.25) is 5.75 Å². The summed E-state index contributed by atoms with van der Waals surface area (Å²) in [4.78, 5) is 24.3. The normalized spacial score (nSPS) is 10.1. The lowest BCUT2D eigenvalue weighted by molar-refractivity contribution is 0.0471. The second kappa shape index (κ2) is 8.14. The van der Waals surface area contributed by atoms with Crippen molar-refractivity contribution >= 4 is 11.8 Å². The van der Waals surface area contributed by atoms with Gasteiger partial charge in [-0.05, 0) is 24.3 Å². The van der Waals surface area contributed by atoms with Crippen molar-refractivity contribution in [1.82, 2.24) is 0 Å². The first-order valence-electron chi connectivity index (χ1n) is 7.26. The predicted molar refractivity (Wildman–Crippen MR) is 87.1 cm³/mol. The molecule has 0 aromatic heterocycles. The van der Waals surface area contributed by atoms with Gasteiger partial charge in [-0.3, -0.25) is 4.79 Å². The van der Waals surface area contributed by atoms with Crippen LogP contribution in [0.4, 0.5) is 4.39 Å². The van der Waals surface area contributed by atoms with E-state index in [0.717, 1.165) is 6.07 Å². The van der Waals surface area contributed by atoms with Crippen LogP contribution in [0.1, 0.15) is 20.7 Å². The van der Waals surface area contributed by atoms with Gasteiger partial charge in [-0.1, -0.05) is 12.1 Å². The van der Waals surface area contributed by atoms with Gasteiger partial charge in [-0.15, -0.1) is 0 Å². The molecule has 0 fully saturated rings. The molecule has 0 aliphatic carbocycles. The Morgan fingerprint density at radius 3 is 2.28 bits per heavy atom. The molecule has 0 atom stereocenters. The third-order valence-electron chi connectivity index (χ3n) is 3.41. The van der Waals surface area contributed by atoms with Crippen LogP contribution in [0, 0.1) is 5.82 Å². The third kappa shape index (κ3) is 4.06. The summed E-state index contributed by atoms with van der Waals surface area (Å²) in [6.07, 6.45) is 0. The van der Waals surface area contributed by atoms with E-state index in [1.165, 1.54) is 51.7 Å². The molecule has 0 spiro atoms. The molecule has 2 aromatic carbocycles. The molecule has 7 heteroatoms. The van der Waals surface area contributed by atoms with E-state index in [9.17, 15) is 14.0 Å². The summed E-state index contributed by atoms with van der Waals surface area (Å²) in [6, 6.07) is 8.10. The molecule has 2 rings (SSSR count). The minimum Gasteiger partial charge on any atom is -0.493 e. The first kappa shape index (κ1) is 18.3. The molecule has 2 aromatic rings. The number of carbonyl (C=O) groups excluding carboxylic acids is 2. The summed E-state index contributed by atoms with van der Waals surface area (Å²) < 4.78 is 33.7. The van der Waals surface area contributed by atoms with E-state index in [-0.39, 0.29) is 22.6 Å². The lowest BCUT2D eigenvalue weighted by atomic mass is 10.1. The van der Waals surface area contributed by atoms with Crippen LogP contribution in [0.25, 0.3) is 0 Å². The number of hydrogen-bond donors (Lipinski definition) is 0. The van der Waals surface area contributed by atoms with E-state index in [0.29, 0.717) is 5.75 Å². The summed E-state index contributed by atoms with van der Waals surface area (Å²) in [5.41, 5.74) is 0.194. The first-order chi connectivity index (χ1) is 12.0. The van der Waals surface area contributed by atoms with Crippen LogP contribution >= 0.6 is 0 Å². The second-order valence-electron chi connectivity index (χ2n) is 4.89. The van der Waals surface area contributed by atoms with Gasteiger partial charge in [0.25, 0.3) is 0 Å². The number of halogens is 1. The van der Waals surface area contributed by atoms with Crippen LogP contribution in [0.2, 0.25) is 0 Å². The monoisotopic (exact) mass is 348 g/mol. The fourth-order valence-electron chi connectivity index (χ4n) is 2.22. The topological polar surface area (TPSA) is 71.1 Å². The van der Waals surface area contributed by atoms with Gasteiger partial charge in [0.05, 0.1) is 21.3 Å². The predicted octanol–water partition coefficient (Wildman–Crippen LogP) is 2.89. The number of esters is 1. The van der Waals surface area contributed by atoms with Gasteiger partial charge in [-0.2, -0.15) is 0 Å². The van der Waals surface area contributed by atoms with Gasteiger partial charge in [0, 0.05) is 5.56 Å². The number of Topliss-reactive ketones (excluding diaryl/α,β-unsaturated/α-hetero) is 1. The molecule has 0 unspecified atom stereocenters. The summed E-state index contributed by atoms with van der Waals surface area (Å²) in [6.45, 7) is -0.528. The number of ketones is 1. The summed E-state index contributed by atoms with van der Waals surface area (Å²) in [5, 5.41) is 0. The maximum atomic E-state index is 13.1. The maximum absolute atomic E-state index is 13.1. The Kier molecular flexibility index (Phi) is 5.94. The molecule has 0 radical (unpaired) electrons. The standard InChI is InChI=1S/C18H17FO6/c1-22-15-8-7-13(16(23-2)17(15)24-3)18(21)25-10-14(20)11-5-4-6-12(19)9-11/h4-9H,10H2,1-3H3. The Labute approximate surface area is 144 Å². The molecular weight excluding hydrogens is 331 g/mol. The van der Waals surface area contributed by atoms with Crippen molar-refractivity contribution in [2.75, 3.05) is 27.9 Å². The molecule has 0 aliphatic heterocycles. The summed E-state index contributed by atoms with van der Waals surface area (Å²) >= 11 is 0. The molecule has 6 nitrogen and oxygen atoms in total. The van der Waals surface area contributed by atoms with Gasteiger partial charge in [0.15, 0.2) is 23.9 Å². The molecule has 0 saturated carbocycles. The summed E-state index contributed by atoms with van der Waals surface area (Å²) in [7, 11) is 4.22. The minimum absolute atomic E-state index is 0.0761. The van der Waals surface area contributed by atoms with Crippen molar-refractivity contribution in [2.24, 2.45) is 0 Å². The van der Waals surface area contributed by atoms with Crippen molar-refractivity contribution < 1.29 is 32.9 Å². The zero-order valence-corrected chi connectivity index (χ0v) is 14.0. The lowest BCUT2D eigenvalue weighted by Crippen LogP contribution is -2.15. The zero-order chi connectivity index (χ0) is 18.4. The van der Waals surface area contributed by atoms with Gasteiger partial charge >= 0.3 is 5.97 Å². The summed E-state index contributed by atoms with van der Waals surface area (Å²) in [5.74, 6) is -1.10. The lowest BCUT2D eigenvalue weighted by Gasteiger charge is -2.15. The number of rotatable bonds is 7. The molecule has 25 heavy (non-hydrogen) atoms. The molecule has 0 N–H and O–H groups in total. The van der Waals surface area contributed by atoms with Crippen molar-refractivity contribution in [3.8, 4) is 17.2 Å². The van der Waals surface area contributed by atoms with Crippen LogP contribution in [0.15, 0.2) is 36.4 Å². The van der Waals surface area contributed by atoms with Gasteiger partial charge in [-0.25, -0.2) is 9.18 Å². The SMILES string of the molecule is COc1ccc(C(=O)OCC(=O)c2cccc(F)c2)c(OC)c1OC. The van der Waals surface area contributed by atoms with Crippen LogP contribution in [0.5, 0.6) is 17.2 Å². The fraction of sp³-hybridized carbons (Fsp3) is 0.222. The van der Waals surface area contributed by atoms with Crippen LogP contribution in [0.3, 0.4) is 0 Å². The molecule has 132 valence electrons.